The van der Waals surface area contributed by atoms with Crippen LogP contribution in [-0.4, -0.2) is 13.2 Å². The van der Waals surface area contributed by atoms with E-state index in [0.717, 1.165) is 29.0 Å². The lowest BCUT2D eigenvalue weighted by Gasteiger charge is -2.12. The molecule has 0 spiro atoms. The molecule has 0 bridgehead atoms. The summed E-state index contributed by atoms with van der Waals surface area (Å²) in [5.74, 6) is 1.61. The van der Waals surface area contributed by atoms with Crippen LogP contribution in [0.2, 0.25) is 0 Å². The lowest BCUT2D eigenvalue weighted by Crippen LogP contribution is -2.24. The predicted octanol–water partition coefficient (Wildman–Crippen LogP) is 2.17. The van der Waals surface area contributed by atoms with E-state index in [9.17, 15) is 0 Å². The van der Waals surface area contributed by atoms with Gasteiger partial charge in [-0.05, 0) is 25.0 Å². The van der Waals surface area contributed by atoms with Gasteiger partial charge in [0.05, 0.1) is 13.2 Å². The molecule has 3 nitrogen and oxygen atoms in total. The number of hydrogen-bond donors (Lipinski definition) is 1. The number of aryl methyl sites for hydroxylation is 1. The zero-order chi connectivity index (χ0) is 11.0. The standard InChI is InChI=1S/C12H17NO2/c1-4-9-11(13)8-5-7(2)6-10(14-3)12(8)15-9/h5-6,9,11H,4,13H2,1-3H3. The summed E-state index contributed by atoms with van der Waals surface area (Å²) >= 11 is 0. The molecule has 1 aliphatic heterocycles. The Morgan fingerprint density at radius 1 is 1.47 bits per heavy atom. The number of benzene rings is 1. The number of methoxy groups -OCH3 is 1. The topological polar surface area (TPSA) is 44.5 Å². The lowest BCUT2D eigenvalue weighted by atomic mass is 10.0. The molecule has 2 N–H and O–H groups in total. The van der Waals surface area contributed by atoms with Crippen molar-refractivity contribution in [2.24, 2.45) is 5.73 Å². The third-order valence-corrected chi connectivity index (χ3v) is 2.88. The number of hydrogen-bond acceptors (Lipinski definition) is 3. The highest BCUT2D eigenvalue weighted by molar-refractivity contribution is 5.53. The Hall–Kier alpha value is -1.22. The van der Waals surface area contributed by atoms with Gasteiger partial charge in [0.15, 0.2) is 11.5 Å². The fourth-order valence-electron chi connectivity index (χ4n) is 2.05. The molecule has 2 unspecified atom stereocenters. The summed E-state index contributed by atoms with van der Waals surface area (Å²) in [6, 6.07) is 4.03. The second kappa shape index (κ2) is 3.74. The van der Waals surface area contributed by atoms with Crippen LogP contribution in [0.4, 0.5) is 0 Å². The van der Waals surface area contributed by atoms with Crippen molar-refractivity contribution in [3.63, 3.8) is 0 Å². The zero-order valence-corrected chi connectivity index (χ0v) is 9.41. The largest absolute Gasteiger partial charge is 0.493 e. The van der Waals surface area contributed by atoms with Crippen molar-refractivity contribution in [2.45, 2.75) is 32.4 Å². The summed E-state index contributed by atoms with van der Waals surface area (Å²) in [5, 5.41) is 0. The molecule has 2 atom stereocenters. The van der Waals surface area contributed by atoms with E-state index in [1.54, 1.807) is 7.11 Å². The average molecular weight is 207 g/mol. The van der Waals surface area contributed by atoms with E-state index in [1.807, 2.05) is 13.0 Å². The molecule has 3 heteroatoms. The van der Waals surface area contributed by atoms with Crippen molar-refractivity contribution in [1.29, 1.82) is 0 Å². The van der Waals surface area contributed by atoms with Gasteiger partial charge in [0.1, 0.15) is 6.10 Å². The van der Waals surface area contributed by atoms with Crippen molar-refractivity contribution in [3.8, 4) is 11.5 Å². The van der Waals surface area contributed by atoms with Gasteiger partial charge in [-0.2, -0.15) is 0 Å². The van der Waals surface area contributed by atoms with E-state index in [2.05, 4.69) is 13.0 Å². The van der Waals surface area contributed by atoms with Crippen LogP contribution in [-0.2, 0) is 0 Å². The molecule has 1 heterocycles. The molecule has 1 aliphatic rings. The minimum absolute atomic E-state index is 0.0289. The van der Waals surface area contributed by atoms with E-state index in [1.165, 1.54) is 0 Å². The first-order chi connectivity index (χ1) is 7.17. The molecule has 2 rings (SSSR count). The number of fused-ring (bicyclic) bond motifs is 1. The summed E-state index contributed by atoms with van der Waals surface area (Å²) in [6.45, 7) is 4.12. The van der Waals surface area contributed by atoms with Gasteiger partial charge in [-0.3, -0.25) is 0 Å². The Labute approximate surface area is 90.2 Å². The van der Waals surface area contributed by atoms with E-state index in [0.29, 0.717) is 0 Å². The first kappa shape index (κ1) is 10.3. The van der Waals surface area contributed by atoms with Crippen LogP contribution in [0, 0.1) is 6.92 Å². The Morgan fingerprint density at radius 2 is 2.20 bits per heavy atom. The second-order valence-electron chi connectivity index (χ2n) is 3.98. The number of nitrogens with two attached hydrogens (primary N) is 1. The molecule has 0 aliphatic carbocycles. The summed E-state index contributed by atoms with van der Waals surface area (Å²) in [7, 11) is 1.66. The van der Waals surface area contributed by atoms with Crippen molar-refractivity contribution in [2.75, 3.05) is 7.11 Å². The van der Waals surface area contributed by atoms with Crippen molar-refractivity contribution < 1.29 is 9.47 Å². The number of ether oxygens (including phenoxy) is 2. The van der Waals surface area contributed by atoms with Crippen LogP contribution >= 0.6 is 0 Å². The maximum Gasteiger partial charge on any atom is 0.166 e. The average Bonchev–Trinajstić information content (AvgIpc) is 2.55. The van der Waals surface area contributed by atoms with Crippen molar-refractivity contribution >= 4 is 0 Å². The monoisotopic (exact) mass is 207 g/mol. The van der Waals surface area contributed by atoms with Crippen LogP contribution < -0.4 is 15.2 Å². The molecule has 1 aromatic carbocycles. The van der Waals surface area contributed by atoms with Gasteiger partial charge in [0.25, 0.3) is 0 Å². The fraction of sp³-hybridized carbons (Fsp3) is 0.500. The van der Waals surface area contributed by atoms with Crippen LogP contribution in [0.3, 0.4) is 0 Å². The summed E-state index contributed by atoms with van der Waals surface area (Å²) in [4.78, 5) is 0. The van der Waals surface area contributed by atoms with Crippen LogP contribution in [0.5, 0.6) is 11.5 Å². The van der Waals surface area contributed by atoms with E-state index in [4.69, 9.17) is 15.2 Å². The van der Waals surface area contributed by atoms with Crippen LogP contribution in [0.25, 0.3) is 0 Å². The van der Waals surface area contributed by atoms with Gasteiger partial charge in [-0.1, -0.05) is 13.0 Å². The molecular formula is C12H17NO2. The highest BCUT2D eigenvalue weighted by Gasteiger charge is 2.32. The summed E-state index contributed by atoms with van der Waals surface area (Å²) in [5.41, 5.74) is 8.34. The maximum atomic E-state index is 6.11. The molecule has 82 valence electrons. The summed E-state index contributed by atoms with van der Waals surface area (Å²) in [6.07, 6.45) is 0.994. The zero-order valence-electron chi connectivity index (χ0n) is 9.41. The Kier molecular flexibility index (Phi) is 2.57. The molecule has 0 aromatic heterocycles. The van der Waals surface area contributed by atoms with Crippen molar-refractivity contribution in [3.05, 3.63) is 23.3 Å². The molecule has 0 fully saturated rings. The van der Waals surface area contributed by atoms with Crippen LogP contribution in [0.1, 0.15) is 30.5 Å². The Bertz CT molecular complexity index is 376. The minimum Gasteiger partial charge on any atom is -0.493 e. The fourth-order valence-corrected chi connectivity index (χ4v) is 2.05. The van der Waals surface area contributed by atoms with Gasteiger partial charge in [0.2, 0.25) is 0 Å². The smallest absolute Gasteiger partial charge is 0.166 e. The van der Waals surface area contributed by atoms with Crippen molar-refractivity contribution in [1.82, 2.24) is 0 Å². The molecule has 0 saturated heterocycles. The first-order valence-electron chi connectivity index (χ1n) is 5.28. The van der Waals surface area contributed by atoms with E-state index in [-0.39, 0.29) is 12.1 Å². The Morgan fingerprint density at radius 3 is 2.80 bits per heavy atom. The minimum atomic E-state index is -0.0289. The van der Waals surface area contributed by atoms with E-state index < -0.39 is 0 Å². The van der Waals surface area contributed by atoms with Gasteiger partial charge < -0.3 is 15.2 Å². The second-order valence-corrected chi connectivity index (χ2v) is 3.98. The Balaban J connectivity index is 2.48. The third-order valence-electron chi connectivity index (χ3n) is 2.88. The first-order valence-corrected chi connectivity index (χ1v) is 5.28. The molecule has 0 amide bonds. The lowest BCUT2D eigenvalue weighted by molar-refractivity contribution is 0.196. The molecule has 15 heavy (non-hydrogen) atoms. The number of rotatable bonds is 2. The highest BCUT2D eigenvalue weighted by Crippen LogP contribution is 2.43. The highest BCUT2D eigenvalue weighted by atomic mass is 16.5. The molecule has 0 saturated carbocycles. The van der Waals surface area contributed by atoms with Gasteiger partial charge >= 0.3 is 0 Å². The maximum absolute atomic E-state index is 6.11. The van der Waals surface area contributed by atoms with Crippen LogP contribution in [0.15, 0.2) is 12.1 Å². The van der Waals surface area contributed by atoms with Gasteiger partial charge in [-0.15, -0.1) is 0 Å². The van der Waals surface area contributed by atoms with Gasteiger partial charge in [-0.25, -0.2) is 0 Å². The third kappa shape index (κ3) is 1.57. The van der Waals surface area contributed by atoms with Gasteiger partial charge in [0, 0.05) is 5.56 Å². The SMILES string of the molecule is CCC1Oc2c(OC)cc(C)cc2C1N. The predicted molar refractivity (Wildman–Crippen MR) is 59.4 cm³/mol. The summed E-state index contributed by atoms with van der Waals surface area (Å²) < 4.78 is 11.1. The molecule has 0 radical (unpaired) electrons. The quantitative estimate of drug-likeness (QED) is 0.808. The normalized spacial score (nSPS) is 23.5. The molecular weight excluding hydrogens is 190 g/mol. The molecule has 1 aromatic rings. The van der Waals surface area contributed by atoms with E-state index >= 15 is 0 Å².